The largest absolute Gasteiger partial charge is 0.497 e. The molecule has 0 atom stereocenters. The predicted octanol–water partition coefficient (Wildman–Crippen LogP) is 6.97. The van der Waals surface area contributed by atoms with Gasteiger partial charge in [0.15, 0.2) is 0 Å². The molecule has 0 unspecified atom stereocenters. The van der Waals surface area contributed by atoms with Crippen LogP contribution in [0.3, 0.4) is 0 Å². The topological polar surface area (TPSA) is 44.8 Å². The third-order valence-corrected chi connectivity index (χ3v) is 6.52. The fraction of sp³-hybridized carbons (Fsp3) is 0.414. The summed E-state index contributed by atoms with van der Waals surface area (Å²) >= 11 is 0. The van der Waals surface area contributed by atoms with Gasteiger partial charge in [-0.1, -0.05) is 43.5 Å². The summed E-state index contributed by atoms with van der Waals surface area (Å²) in [5.74, 6) is 2.25. The van der Waals surface area contributed by atoms with Crippen LogP contribution in [0.15, 0.2) is 54.6 Å². The van der Waals surface area contributed by atoms with Gasteiger partial charge in [0, 0.05) is 12.0 Å². The Hall–Kier alpha value is -3.01. The molecule has 0 bridgehead atoms. The number of hydrogen-bond donors (Lipinski definition) is 0. The lowest BCUT2D eigenvalue weighted by atomic mass is 9.90. The molecule has 1 aliphatic carbocycles. The first-order chi connectivity index (χ1) is 16.2. The minimum absolute atomic E-state index is 0.156. The Balaban J connectivity index is 1.61. The maximum Gasteiger partial charge on any atom is 0.306 e. The van der Waals surface area contributed by atoms with E-state index in [0.717, 1.165) is 45.6 Å². The Morgan fingerprint density at radius 3 is 2.52 bits per heavy atom. The van der Waals surface area contributed by atoms with Gasteiger partial charge in [0.25, 0.3) is 0 Å². The van der Waals surface area contributed by atoms with E-state index in [1.807, 2.05) is 13.0 Å². The van der Waals surface area contributed by atoms with Crippen molar-refractivity contribution in [3.8, 4) is 22.6 Å². The summed E-state index contributed by atoms with van der Waals surface area (Å²) < 4.78 is 16.9. The van der Waals surface area contributed by atoms with Crippen molar-refractivity contribution in [3.05, 3.63) is 60.2 Å². The van der Waals surface area contributed by atoms with Crippen LogP contribution in [-0.2, 0) is 16.0 Å². The van der Waals surface area contributed by atoms with E-state index in [4.69, 9.17) is 14.2 Å². The Kier molecular flexibility index (Phi) is 7.87. The second-order valence-corrected chi connectivity index (χ2v) is 8.88. The summed E-state index contributed by atoms with van der Waals surface area (Å²) in [4.78, 5) is 11.9. The van der Waals surface area contributed by atoms with Crippen LogP contribution in [0.5, 0.6) is 11.5 Å². The maximum absolute atomic E-state index is 11.9. The number of benzene rings is 3. The van der Waals surface area contributed by atoms with Gasteiger partial charge in [-0.05, 0) is 84.3 Å². The van der Waals surface area contributed by atoms with E-state index in [2.05, 4.69) is 48.5 Å². The van der Waals surface area contributed by atoms with E-state index in [9.17, 15) is 4.79 Å². The van der Waals surface area contributed by atoms with Crippen molar-refractivity contribution < 1.29 is 19.0 Å². The minimum atomic E-state index is -0.156. The third kappa shape index (κ3) is 6.07. The van der Waals surface area contributed by atoms with Crippen LogP contribution in [0.25, 0.3) is 21.9 Å². The molecule has 0 heterocycles. The first-order valence-electron chi connectivity index (χ1n) is 12.2. The quantitative estimate of drug-likeness (QED) is 0.333. The van der Waals surface area contributed by atoms with Crippen LogP contribution in [0.2, 0.25) is 0 Å². The van der Waals surface area contributed by atoms with Crippen LogP contribution in [0.1, 0.15) is 51.0 Å². The fourth-order valence-corrected chi connectivity index (χ4v) is 4.64. The summed E-state index contributed by atoms with van der Waals surface area (Å²) in [6.07, 6.45) is 7.50. The molecule has 3 aromatic carbocycles. The first-order valence-corrected chi connectivity index (χ1v) is 12.2. The first kappa shape index (κ1) is 23.2. The molecule has 0 saturated heterocycles. The number of rotatable bonds is 9. The van der Waals surface area contributed by atoms with Crippen LogP contribution in [-0.4, -0.2) is 26.3 Å². The Morgan fingerprint density at radius 1 is 0.939 bits per heavy atom. The second-order valence-electron chi connectivity index (χ2n) is 8.88. The number of methoxy groups -OCH3 is 1. The minimum Gasteiger partial charge on any atom is -0.497 e. The summed E-state index contributed by atoms with van der Waals surface area (Å²) in [7, 11) is 1.69. The summed E-state index contributed by atoms with van der Waals surface area (Å²) in [5.41, 5.74) is 3.30. The van der Waals surface area contributed by atoms with Gasteiger partial charge in [0.05, 0.1) is 20.3 Å². The summed E-state index contributed by atoms with van der Waals surface area (Å²) in [6, 6.07) is 18.9. The molecule has 3 aromatic rings. The SMILES string of the molecule is CCOC(=O)CCc1ccc(OCC2CCCCC2)c(-c2ccc3cc(OC)ccc3c2)c1. The molecule has 4 rings (SSSR count). The molecule has 4 nitrogen and oxygen atoms in total. The highest BCUT2D eigenvalue weighted by Gasteiger charge is 2.16. The van der Waals surface area contributed by atoms with E-state index in [1.165, 1.54) is 32.1 Å². The molecular weight excluding hydrogens is 412 g/mol. The highest BCUT2D eigenvalue weighted by molar-refractivity contribution is 5.89. The zero-order valence-electron chi connectivity index (χ0n) is 19.8. The van der Waals surface area contributed by atoms with E-state index in [0.29, 0.717) is 25.4 Å². The molecule has 33 heavy (non-hydrogen) atoms. The fourth-order valence-electron chi connectivity index (χ4n) is 4.64. The van der Waals surface area contributed by atoms with Crippen molar-refractivity contribution in [2.75, 3.05) is 20.3 Å². The predicted molar refractivity (Wildman–Crippen MR) is 133 cm³/mol. The van der Waals surface area contributed by atoms with Gasteiger partial charge in [-0.15, -0.1) is 0 Å². The zero-order valence-corrected chi connectivity index (χ0v) is 19.8. The lowest BCUT2D eigenvalue weighted by molar-refractivity contribution is -0.143. The number of fused-ring (bicyclic) bond motifs is 1. The highest BCUT2D eigenvalue weighted by atomic mass is 16.5. The van der Waals surface area contributed by atoms with Crippen LogP contribution < -0.4 is 9.47 Å². The number of carbonyl (C=O) groups excluding carboxylic acids is 1. The molecule has 1 saturated carbocycles. The van der Waals surface area contributed by atoms with Gasteiger partial charge < -0.3 is 14.2 Å². The average molecular weight is 447 g/mol. The number of ether oxygens (including phenoxy) is 3. The van der Waals surface area contributed by atoms with Gasteiger partial charge in [-0.3, -0.25) is 4.79 Å². The van der Waals surface area contributed by atoms with Crippen molar-refractivity contribution in [2.24, 2.45) is 5.92 Å². The number of carbonyl (C=O) groups is 1. The van der Waals surface area contributed by atoms with Gasteiger partial charge >= 0.3 is 5.97 Å². The number of hydrogen-bond acceptors (Lipinski definition) is 4. The number of esters is 1. The van der Waals surface area contributed by atoms with Crippen molar-refractivity contribution in [1.82, 2.24) is 0 Å². The molecular formula is C29H34O4. The van der Waals surface area contributed by atoms with Crippen molar-refractivity contribution in [1.29, 1.82) is 0 Å². The van der Waals surface area contributed by atoms with E-state index in [1.54, 1.807) is 7.11 Å². The normalized spacial score (nSPS) is 14.2. The van der Waals surface area contributed by atoms with Crippen LogP contribution in [0, 0.1) is 5.92 Å². The highest BCUT2D eigenvalue weighted by Crippen LogP contribution is 2.35. The smallest absolute Gasteiger partial charge is 0.306 e. The molecule has 0 N–H and O–H groups in total. The van der Waals surface area contributed by atoms with Crippen LogP contribution in [0.4, 0.5) is 0 Å². The third-order valence-electron chi connectivity index (χ3n) is 6.52. The molecule has 0 amide bonds. The molecule has 0 aliphatic heterocycles. The van der Waals surface area contributed by atoms with Crippen LogP contribution >= 0.6 is 0 Å². The Labute approximate surface area is 196 Å². The van der Waals surface area contributed by atoms with E-state index >= 15 is 0 Å². The van der Waals surface area contributed by atoms with Gasteiger partial charge in [-0.25, -0.2) is 0 Å². The maximum atomic E-state index is 11.9. The number of aryl methyl sites for hydroxylation is 1. The second kappa shape index (κ2) is 11.2. The lowest BCUT2D eigenvalue weighted by Crippen LogP contribution is -2.15. The Bertz CT molecular complexity index is 1080. The molecule has 0 aromatic heterocycles. The van der Waals surface area contributed by atoms with Gasteiger partial charge in [0.1, 0.15) is 11.5 Å². The van der Waals surface area contributed by atoms with Crippen molar-refractivity contribution >= 4 is 16.7 Å². The molecule has 1 fully saturated rings. The summed E-state index contributed by atoms with van der Waals surface area (Å²) in [5, 5.41) is 2.30. The van der Waals surface area contributed by atoms with Gasteiger partial charge in [-0.2, -0.15) is 0 Å². The molecule has 4 heteroatoms. The zero-order chi connectivity index (χ0) is 23.0. The lowest BCUT2D eigenvalue weighted by Gasteiger charge is -2.23. The summed E-state index contributed by atoms with van der Waals surface area (Å²) in [6.45, 7) is 3.02. The monoisotopic (exact) mass is 446 g/mol. The standard InChI is InChI=1S/C29H34O4/c1-3-32-29(30)16-10-21-9-15-28(33-20-22-7-5-4-6-8-22)27(17-21)25-12-11-24-19-26(31-2)14-13-23(24)18-25/h9,11-15,17-19,22H,3-8,10,16,20H2,1-2H3. The van der Waals surface area contributed by atoms with Crippen molar-refractivity contribution in [2.45, 2.75) is 51.9 Å². The molecule has 0 radical (unpaired) electrons. The molecule has 1 aliphatic rings. The Morgan fingerprint density at radius 2 is 1.73 bits per heavy atom. The van der Waals surface area contributed by atoms with Crippen molar-refractivity contribution in [3.63, 3.8) is 0 Å². The van der Waals surface area contributed by atoms with E-state index < -0.39 is 0 Å². The van der Waals surface area contributed by atoms with Gasteiger partial charge in [0.2, 0.25) is 0 Å². The molecule has 174 valence electrons. The van der Waals surface area contributed by atoms with E-state index in [-0.39, 0.29) is 5.97 Å². The average Bonchev–Trinajstić information content (AvgIpc) is 2.86. The molecule has 0 spiro atoms.